The second-order valence-corrected chi connectivity index (χ2v) is 6.09. The number of carbonyl (C=O) groups is 1. The number of methoxy groups -OCH3 is 1. The lowest BCUT2D eigenvalue weighted by Gasteiger charge is -2.21. The van der Waals surface area contributed by atoms with Crippen molar-refractivity contribution in [3.05, 3.63) is 17.8 Å². The van der Waals surface area contributed by atoms with Crippen molar-refractivity contribution in [1.82, 2.24) is 10.3 Å². The molecule has 0 aliphatic carbocycles. The van der Waals surface area contributed by atoms with E-state index in [0.29, 0.717) is 11.3 Å². The van der Waals surface area contributed by atoms with Crippen LogP contribution in [-0.2, 0) is 4.74 Å². The topological polar surface area (TPSA) is 127 Å². The summed E-state index contributed by atoms with van der Waals surface area (Å²) >= 11 is 0. The lowest BCUT2D eigenvalue weighted by molar-refractivity contribution is 0.0120. The summed E-state index contributed by atoms with van der Waals surface area (Å²) in [4.78, 5) is 15.4. The summed E-state index contributed by atoms with van der Waals surface area (Å²) in [6.45, 7) is 5.43. The second-order valence-electron chi connectivity index (χ2n) is 6.09. The van der Waals surface area contributed by atoms with Gasteiger partial charge < -0.3 is 30.7 Å². The van der Waals surface area contributed by atoms with E-state index in [1.54, 1.807) is 20.8 Å². The van der Waals surface area contributed by atoms with Crippen molar-refractivity contribution in [3.8, 4) is 5.75 Å². The van der Waals surface area contributed by atoms with Crippen LogP contribution in [0.5, 0.6) is 5.75 Å². The van der Waals surface area contributed by atoms with E-state index in [-0.39, 0.29) is 18.8 Å². The molecule has 0 aliphatic rings. The van der Waals surface area contributed by atoms with Crippen LogP contribution in [0.25, 0.3) is 0 Å². The Labute approximate surface area is 135 Å². The number of rotatable bonds is 6. The Balaban J connectivity index is 2.51. The van der Waals surface area contributed by atoms with Gasteiger partial charge in [0, 0.05) is 18.3 Å². The third-order valence-corrected chi connectivity index (χ3v) is 2.94. The molecule has 0 fully saturated rings. The fraction of sp³-hybridized carbons (Fsp3) is 0.600. The normalized spacial score (nSPS) is 14.0. The smallest absolute Gasteiger partial charge is 0.407 e. The summed E-state index contributed by atoms with van der Waals surface area (Å²) in [5.41, 5.74) is 5.39. The quantitative estimate of drug-likeness (QED) is 0.613. The molecular weight excluding hydrogens is 302 g/mol. The second kappa shape index (κ2) is 7.98. The fourth-order valence-electron chi connectivity index (χ4n) is 1.81. The van der Waals surface area contributed by atoms with Gasteiger partial charge in [-0.25, -0.2) is 9.78 Å². The molecule has 0 saturated heterocycles. The predicted molar refractivity (Wildman–Crippen MR) is 85.0 cm³/mol. The van der Waals surface area contributed by atoms with Crippen molar-refractivity contribution in [2.45, 2.75) is 45.0 Å². The van der Waals surface area contributed by atoms with E-state index < -0.39 is 23.9 Å². The SMILES string of the molecule is COc1cc(C(O)C(O)CCNC(=O)OC(C)(C)C)cnc1N. The summed E-state index contributed by atoms with van der Waals surface area (Å²) in [7, 11) is 1.44. The number of aliphatic hydroxyl groups excluding tert-OH is 2. The van der Waals surface area contributed by atoms with Crippen LogP contribution in [0.1, 0.15) is 38.9 Å². The summed E-state index contributed by atoms with van der Waals surface area (Å²) in [5, 5.41) is 22.6. The average Bonchev–Trinajstić information content (AvgIpc) is 2.45. The highest BCUT2D eigenvalue weighted by atomic mass is 16.6. The number of nitrogens with one attached hydrogen (secondary N) is 1. The average molecular weight is 327 g/mol. The van der Waals surface area contributed by atoms with Crippen molar-refractivity contribution in [2.24, 2.45) is 0 Å². The first-order valence-electron chi connectivity index (χ1n) is 7.26. The van der Waals surface area contributed by atoms with Crippen LogP contribution in [-0.4, -0.2) is 46.6 Å². The van der Waals surface area contributed by atoms with Gasteiger partial charge in [0.15, 0.2) is 11.6 Å². The van der Waals surface area contributed by atoms with Crippen LogP contribution in [0.2, 0.25) is 0 Å². The molecule has 0 spiro atoms. The molecule has 0 saturated carbocycles. The summed E-state index contributed by atoms with van der Waals surface area (Å²) in [6, 6.07) is 1.51. The lowest BCUT2D eigenvalue weighted by Crippen LogP contribution is -2.34. The van der Waals surface area contributed by atoms with Crippen molar-refractivity contribution >= 4 is 11.9 Å². The molecule has 0 radical (unpaired) electrons. The Bertz CT molecular complexity index is 530. The Hall–Kier alpha value is -2.06. The van der Waals surface area contributed by atoms with Gasteiger partial charge in [-0.05, 0) is 33.3 Å². The number of aromatic nitrogens is 1. The molecule has 1 amide bonds. The molecule has 8 heteroatoms. The van der Waals surface area contributed by atoms with Crippen LogP contribution in [0.3, 0.4) is 0 Å². The monoisotopic (exact) mass is 327 g/mol. The molecule has 8 nitrogen and oxygen atoms in total. The molecule has 5 N–H and O–H groups in total. The molecule has 1 heterocycles. The van der Waals surface area contributed by atoms with Crippen LogP contribution in [0.4, 0.5) is 10.6 Å². The Morgan fingerprint density at radius 2 is 2.09 bits per heavy atom. The minimum atomic E-state index is -1.17. The van der Waals surface area contributed by atoms with E-state index in [1.807, 2.05) is 0 Å². The number of nitrogen functional groups attached to an aromatic ring is 1. The van der Waals surface area contributed by atoms with Crippen molar-refractivity contribution in [3.63, 3.8) is 0 Å². The lowest BCUT2D eigenvalue weighted by atomic mass is 10.0. The molecule has 1 aromatic heterocycles. The van der Waals surface area contributed by atoms with Gasteiger partial charge in [-0.3, -0.25) is 0 Å². The fourth-order valence-corrected chi connectivity index (χ4v) is 1.81. The van der Waals surface area contributed by atoms with E-state index in [4.69, 9.17) is 15.2 Å². The molecule has 1 aromatic rings. The summed E-state index contributed by atoms with van der Waals surface area (Å²) in [6.07, 6.45) is -1.31. The molecule has 2 atom stereocenters. The summed E-state index contributed by atoms with van der Waals surface area (Å²) in [5.74, 6) is 0.519. The Morgan fingerprint density at radius 1 is 1.43 bits per heavy atom. The zero-order chi connectivity index (χ0) is 17.6. The predicted octanol–water partition coefficient (Wildman–Crippen LogP) is 0.982. The first-order chi connectivity index (χ1) is 10.6. The molecule has 2 unspecified atom stereocenters. The first kappa shape index (κ1) is 19.0. The number of hydrogen-bond donors (Lipinski definition) is 4. The molecule has 1 rings (SSSR count). The zero-order valence-corrected chi connectivity index (χ0v) is 13.9. The minimum Gasteiger partial charge on any atom is -0.493 e. The van der Waals surface area contributed by atoms with Crippen molar-refractivity contribution in [2.75, 3.05) is 19.4 Å². The number of hydrogen-bond acceptors (Lipinski definition) is 7. The van der Waals surface area contributed by atoms with E-state index in [1.165, 1.54) is 19.4 Å². The largest absolute Gasteiger partial charge is 0.493 e. The third kappa shape index (κ3) is 6.29. The minimum absolute atomic E-state index is 0.146. The molecule has 0 bridgehead atoms. The number of anilines is 1. The Morgan fingerprint density at radius 3 is 2.65 bits per heavy atom. The number of nitrogens with two attached hydrogens (primary N) is 1. The molecule has 0 aliphatic heterocycles. The van der Waals surface area contributed by atoms with Gasteiger partial charge in [0.05, 0.1) is 13.2 Å². The number of aliphatic hydroxyl groups is 2. The number of nitrogens with zero attached hydrogens (tertiary/aromatic N) is 1. The van der Waals surface area contributed by atoms with E-state index in [9.17, 15) is 15.0 Å². The van der Waals surface area contributed by atoms with Crippen LogP contribution >= 0.6 is 0 Å². The van der Waals surface area contributed by atoms with Crippen LogP contribution < -0.4 is 15.8 Å². The highest BCUT2D eigenvalue weighted by Gasteiger charge is 2.21. The molecule has 0 aromatic carbocycles. The molecule has 23 heavy (non-hydrogen) atoms. The van der Waals surface area contributed by atoms with Gasteiger partial charge in [-0.2, -0.15) is 0 Å². The zero-order valence-electron chi connectivity index (χ0n) is 13.9. The van der Waals surface area contributed by atoms with E-state index in [2.05, 4.69) is 10.3 Å². The maximum absolute atomic E-state index is 11.5. The van der Waals surface area contributed by atoms with Gasteiger partial charge in [0.2, 0.25) is 0 Å². The molecule has 130 valence electrons. The summed E-state index contributed by atoms with van der Waals surface area (Å²) < 4.78 is 10.1. The van der Waals surface area contributed by atoms with Gasteiger partial charge >= 0.3 is 6.09 Å². The highest BCUT2D eigenvalue weighted by Crippen LogP contribution is 2.25. The third-order valence-electron chi connectivity index (χ3n) is 2.94. The van der Waals surface area contributed by atoms with Crippen molar-refractivity contribution in [1.29, 1.82) is 0 Å². The number of pyridine rings is 1. The van der Waals surface area contributed by atoms with Crippen LogP contribution in [0, 0.1) is 0 Å². The standard InChI is InChI=1S/C15H25N3O5/c1-15(2,3)23-14(21)17-6-5-10(19)12(20)9-7-11(22-4)13(16)18-8-9/h7-8,10,12,19-20H,5-6H2,1-4H3,(H2,16,18)(H,17,21). The van der Waals surface area contributed by atoms with Gasteiger partial charge in [-0.15, -0.1) is 0 Å². The number of amides is 1. The van der Waals surface area contributed by atoms with Crippen LogP contribution in [0.15, 0.2) is 12.3 Å². The first-order valence-corrected chi connectivity index (χ1v) is 7.26. The number of carbonyl (C=O) groups excluding carboxylic acids is 1. The van der Waals surface area contributed by atoms with Gasteiger partial charge in [0.25, 0.3) is 0 Å². The highest BCUT2D eigenvalue weighted by molar-refractivity contribution is 5.67. The van der Waals surface area contributed by atoms with E-state index in [0.717, 1.165) is 0 Å². The Kier molecular flexibility index (Phi) is 6.59. The number of alkyl carbamates (subject to hydrolysis) is 1. The van der Waals surface area contributed by atoms with E-state index >= 15 is 0 Å². The number of ether oxygens (including phenoxy) is 2. The maximum Gasteiger partial charge on any atom is 0.407 e. The van der Waals surface area contributed by atoms with Gasteiger partial charge in [0.1, 0.15) is 11.7 Å². The van der Waals surface area contributed by atoms with Gasteiger partial charge in [-0.1, -0.05) is 0 Å². The maximum atomic E-state index is 11.5. The van der Waals surface area contributed by atoms with Crippen molar-refractivity contribution < 1.29 is 24.5 Å². The molecular formula is C15H25N3O5.